The van der Waals surface area contributed by atoms with Gasteiger partial charge in [-0.05, 0) is 68.4 Å². The quantitative estimate of drug-likeness (QED) is 0.813. The fourth-order valence-corrected chi connectivity index (χ4v) is 3.78. The third-order valence-electron chi connectivity index (χ3n) is 5.78. The second-order valence-electron chi connectivity index (χ2n) is 8.16. The van der Waals surface area contributed by atoms with Crippen molar-refractivity contribution < 1.29 is 4.79 Å². The van der Waals surface area contributed by atoms with E-state index in [4.69, 9.17) is 0 Å². The molecule has 144 valence electrons. The van der Waals surface area contributed by atoms with Crippen LogP contribution in [0, 0.1) is 19.8 Å². The van der Waals surface area contributed by atoms with Crippen LogP contribution >= 0.6 is 0 Å². The summed E-state index contributed by atoms with van der Waals surface area (Å²) in [5.41, 5.74) is 5.91. The van der Waals surface area contributed by atoms with Gasteiger partial charge in [-0.25, -0.2) is 0 Å². The highest BCUT2D eigenvalue weighted by Gasteiger charge is 2.17. The number of nitrogens with zero attached hydrogens (tertiary/aromatic N) is 1. The fourth-order valence-electron chi connectivity index (χ4n) is 3.78. The maximum atomic E-state index is 12.5. The van der Waals surface area contributed by atoms with Crippen LogP contribution in [0.15, 0.2) is 42.5 Å². The van der Waals surface area contributed by atoms with Gasteiger partial charge in [-0.1, -0.05) is 42.8 Å². The largest absolute Gasteiger partial charge is 0.372 e. The average Bonchev–Trinajstić information content (AvgIpc) is 2.65. The second kappa shape index (κ2) is 8.60. The molecule has 2 aromatic rings. The minimum absolute atomic E-state index is 0.0121. The molecule has 1 saturated heterocycles. The Bertz CT molecular complexity index is 773. The molecule has 3 nitrogen and oxygen atoms in total. The summed E-state index contributed by atoms with van der Waals surface area (Å²) >= 11 is 0. The number of hydrogen-bond acceptors (Lipinski definition) is 2. The number of rotatable bonds is 5. The van der Waals surface area contributed by atoms with E-state index in [2.05, 4.69) is 80.4 Å². The van der Waals surface area contributed by atoms with E-state index in [9.17, 15) is 4.79 Å². The molecule has 1 fully saturated rings. The van der Waals surface area contributed by atoms with Crippen molar-refractivity contribution in [3.63, 3.8) is 0 Å². The smallest absolute Gasteiger partial charge is 0.224 e. The monoisotopic (exact) mass is 364 g/mol. The SMILES string of the molecule is Cc1ccc(C)c(CC(=O)N[C@@H](C)c2ccc(N3CCC(C)CC3)cc2)c1. The van der Waals surface area contributed by atoms with Crippen LogP contribution in [0.3, 0.4) is 0 Å². The molecule has 3 rings (SSSR count). The average molecular weight is 365 g/mol. The first-order chi connectivity index (χ1) is 12.9. The maximum Gasteiger partial charge on any atom is 0.224 e. The molecule has 1 N–H and O–H groups in total. The summed E-state index contributed by atoms with van der Waals surface area (Å²) in [6.07, 6.45) is 2.97. The Morgan fingerprint density at radius 1 is 1.11 bits per heavy atom. The molecule has 0 radical (unpaired) electrons. The number of amides is 1. The Hall–Kier alpha value is -2.29. The van der Waals surface area contributed by atoms with E-state index in [1.807, 2.05) is 0 Å². The van der Waals surface area contributed by atoms with Gasteiger partial charge < -0.3 is 10.2 Å². The van der Waals surface area contributed by atoms with Crippen LogP contribution in [0.1, 0.15) is 55.0 Å². The van der Waals surface area contributed by atoms with E-state index < -0.39 is 0 Å². The topological polar surface area (TPSA) is 32.3 Å². The van der Waals surface area contributed by atoms with Crippen LogP contribution in [0.2, 0.25) is 0 Å². The Kier molecular flexibility index (Phi) is 6.20. The van der Waals surface area contributed by atoms with Crippen LogP contribution < -0.4 is 10.2 Å². The first-order valence-corrected chi connectivity index (χ1v) is 10.1. The predicted octanol–water partition coefficient (Wildman–Crippen LogP) is 4.96. The van der Waals surface area contributed by atoms with Gasteiger partial charge in [-0.15, -0.1) is 0 Å². The van der Waals surface area contributed by atoms with Crippen LogP contribution in [0.4, 0.5) is 5.69 Å². The molecule has 27 heavy (non-hydrogen) atoms. The molecule has 3 heteroatoms. The number of nitrogens with one attached hydrogen (secondary N) is 1. The molecule has 0 unspecified atom stereocenters. The van der Waals surface area contributed by atoms with E-state index in [0.717, 1.165) is 30.1 Å². The summed E-state index contributed by atoms with van der Waals surface area (Å²) in [5.74, 6) is 0.915. The number of carbonyl (C=O) groups is 1. The van der Waals surface area contributed by atoms with Gasteiger partial charge in [-0.2, -0.15) is 0 Å². The number of anilines is 1. The van der Waals surface area contributed by atoms with Crippen molar-refractivity contribution in [2.75, 3.05) is 18.0 Å². The summed E-state index contributed by atoms with van der Waals surface area (Å²) in [5, 5.41) is 3.14. The molecule has 1 heterocycles. The molecular weight excluding hydrogens is 332 g/mol. The highest BCUT2D eigenvalue weighted by Crippen LogP contribution is 2.24. The van der Waals surface area contributed by atoms with Crippen molar-refractivity contribution in [1.82, 2.24) is 5.32 Å². The zero-order valence-electron chi connectivity index (χ0n) is 17.1. The standard InChI is InChI=1S/C24H32N2O/c1-17-11-13-26(14-12-17)23-9-7-21(8-10-23)20(4)25-24(27)16-22-15-18(2)5-6-19(22)3/h5-10,15,17,20H,11-14,16H2,1-4H3,(H,25,27)/t20-/m0/s1. The summed E-state index contributed by atoms with van der Waals surface area (Å²) < 4.78 is 0. The third-order valence-corrected chi connectivity index (χ3v) is 5.78. The van der Waals surface area contributed by atoms with E-state index in [-0.39, 0.29) is 11.9 Å². The van der Waals surface area contributed by atoms with E-state index in [0.29, 0.717) is 6.42 Å². The first kappa shape index (κ1) is 19.5. The molecule has 1 amide bonds. The van der Waals surface area contributed by atoms with Crippen molar-refractivity contribution in [1.29, 1.82) is 0 Å². The Labute approximate surface area is 163 Å². The van der Waals surface area contributed by atoms with Gasteiger partial charge in [0, 0.05) is 18.8 Å². The zero-order valence-corrected chi connectivity index (χ0v) is 17.1. The Balaban J connectivity index is 1.58. The normalized spacial score (nSPS) is 16.2. The summed E-state index contributed by atoms with van der Waals surface area (Å²) in [6.45, 7) is 10.8. The molecule has 0 aliphatic carbocycles. The van der Waals surface area contributed by atoms with Gasteiger partial charge in [0.1, 0.15) is 0 Å². The van der Waals surface area contributed by atoms with Crippen molar-refractivity contribution in [3.05, 3.63) is 64.7 Å². The van der Waals surface area contributed by atoms with Crippen LogP contribution in [-0.4, -0.2) is 19.0 Å². The van der Waals surface area contributed by atoms with Crippen LogP contribution in [-0.2, 0) is 11.2 Å². The van der Waals surface area contributed by atoms with Gasteiger partial charge in [0.2, 0.25) is 5.91 Å². The molecule has 1 aliphatic rings. The second-order valence-corrected chi connectivity index (χ2v) is 8.16. The number of benzene rings is 2. The Morgan fingerprint density at radius 3 is 2.44 bits per heavy atom. The number of aryl methyl sites for hydroxylation is 2. The third kappa shape index (κ3) is 5.12. The van der Waals surface area contributed by atoms with E-state index in [1.54, 1.807) is 0 Å². The summed E-state index contributed by atoms with van der Waals surface area (Å²) in [6, 6.07) is 15.0. The van der Waals surface area contributed by atoms with Gasteiger partial charge in [0.05, 0.1) is 12.5 Å². The minimum Gasteiger partial charge on any atom is -0.372 e. The van der Waals surface area contributed by atoms with Gasteiger partial charge in [0.25, 0.3) is 0 Å². The van der Waals surface area contributed by atoms with E-state index in [1.165, 1.54) is 29.7 Å². The van der Waals surface area contributed by atoms with Crippen molar-refractivity contribution in [3.8, 4) is 0 Å². The van der Waals surface area contributed by atoms with Gasteiger partial charge in [-0.3, -0.25) is 4.79 Å². The number of piperidine rings is 1. The highest BCUT2D eigenvalue weighted by molar-refractivity contribution is 5.79. The molecule has 1 aliphatic heterocycles. The predicted molar refractivity (Wildman–Crippen MR) is 113 cm³/mol. The fraction of sp³-hybridized carbons (Fsp3) is 0.458. The summed E-state index contributed by atoms with van der Waals surface area (Å²) in [4.78, 5) is 15.0. The lowest BCUT2D eigenvalue weighted by Gasteiger charge is -2.32. The zero-order chi connectivity index (χ0) is 19.4. The maximum absolute atomic E-state index is 12.5. The Morgan fingerprint density at radius 2 is 1.78 bits per heavy atom. The molecular formula is C24H32N2O. The molecule has 0 spiro atoms. The first-order valence-electron chi connectivity index (χ1n) is 10.1. The molecule has 0 bridgehead atoms. The lowest BCUT2D eigenvalue weighted by molar-refractivity contribution is -0.121. The van der Waals surface area contributed by atoms with Crippen molar-refractivity contribution in [2.24, 2.45) is 5.92 Å². The molecule has 0 aromatic heterocycles. The lowest BCUT2D eigenvalue weighted by Crippen LogP contribution is -2.32. The highest BCUT2D eigenvalue weighted by atomic mass is 16.1. The summed E-state index contributed by atoms with van der Waals surface area (Å²) in [7, 11) is 0. The van der Waals surface area contributed by atoms with Crippen LogP contribution in [0.25, 0.3) is 0 Å². The number of hydrogen-bond donors (Lipinski definition) is 1. The van der Waals surface area contributed by atoms with Crippen molar-refractivity contribution >= 4 is 11.6 Å². The molecule has 0 saturated carbocycles. The van der Waals surface area contributed by atoms with Crippen LogP contribution in [0.5, 0.6) is 0 Å². The molecule has 2 aromatic carbocycles. The number of carbonyl (C=O) groups excluding carboxylic acids is 1. The van der Waals surface area contributed by atoms with E-state index >= 15 is 0 Å². The van der Waals surface area contributed by atoms with Gasteiger partial charge >= 0.3 is 0 Å². The molecule has 1 atom stereocenters. The van der Waals surface area contributed by atoms with Crippen molar-refractivity contribution in [2.45, 2.75) is 53.0 Å². The minimum atomic E-state index is 0.0121. The van der Waals surface area contributed by atoms with Gasteiger partial charge in [0.15, 0.2) is 0 Å². The lowest BCUT2D eigenvalue weighted by atomic mass is 9.98.